The lowest BCUT2D eigenvalue weighted by atomic mass is 10.1. The van der Waals surface area contributed by atoms with E-state index in [2.05, 4.69) is 20.1 Å². The minimum absolute atomic E-state index is 0.106. The van der Waals surface area contributed by atoms with Crippen molar-refractivity contribution in [2.24, 2.45) is 0 Å². The molecule has 3 aromatic heterocycles. The molecule has 0 unspecified atom stereocenters. The second-order valence-electron chi connectivity index (χ2n) is 5.37. The molecule has 2 N–H and O–H groups in total. The number of hydrogen-bond donors (Lipinski definition) is 1. The van der Waals surface area contributed by atoms with E-state index in [-0.39, 0.29) is 24.7 Å². The Labute approximate surface area is 123 Å². The number of halogens is 2. The van der Waals surface area contributed by atoms with Gasteiger partial charge in [-0.15, -0.1) is 5.10 Å². The number of rotatable bonds is 2. The molecule has 1 aliphatic carbocycles. The third-order valence-corrected chi connectivity index (χ3v) is 3.79. The predicted molar refractivity (Wildman–Crippen MR) is 72.2 cm³/mol. The third-order valence-electron chi connectivity index (χ3n) is 3.79. The van der Waals surface area contributed by atoms with Gasteiger partial charge in [-0.05, 0) is 6.42 Å². The minimum Gasteiger partial charge on any atom is -0.443 e. The Bertz CT molecular complexity index is 829. The fourth-order valence-electron chi connectivity index (χ4n) is 2.73. The molecule has 3 heterocycles. The van der Waals surface area contributed by atoms with Crippen molar-refractivity contribution >= 4 is 11.6 Å². The average Bonchev–Trinajstić information content (AvgIpc) is 3.16. The van der Waals surface area contributed by atoms with E-state index >= 15 is 0 Å². The molecule has 0 aromatic carbocycles. The van der Waals surface area contributed by atoms with Crippen LogP contribution in [0.25, 0.3) is 17.2 Å². The average molecular weight is 306 g/mol. The van der Waals surface area contributed by atoms with E-state index < -0.39 is 5.92 Å². The molecule has 1 atom stereocenters. The number of anilines is 1. The Morgan fingerprint density at radius 2 is 2.23 bits per heavy atom. The Balaban J connectivity index is 1.76. The maximum Gasteiger partial charge on any atom is 0.248 e. The summed E-state index contributed by atoms with van der Waals surface area (Å²) >= 11 is 0. The van der Waals surface area contributed by atoms with E-state index in [0.29, 0.717) is 29.5 Å². The zero-order valence-corrected chi connectivity index (χ0v) is 11.4. The van der Waals surface area contributed by atoms with Gasteiger partial charge in [0.25, 0.3) is 0 Å². The quantitative estimate of drug-likeness (QED) is 0.780. The van der Waals surface area contributed by atoms with Crippen LogP contribution in [-0.4, -0.2) is 30.5 Å². The van der Waals surface area contributed by atoms with Crippen molar-refractivity contribution in [2.45, 2.75) is 31.1 Å². The van der Waals surface area contributed by atoms with Gasteiger partial charge in [-0.3, -0.25) is 0 Å². The molecule has 114 valence electrons. The van der Waals surface area contributed by atoms with Crippen LogP contribution in [0.5, 0.6) is 0 Å². The first-order valence-corrected chi connectivity index (χ1v) is 6.83. The molecular weight excluding hydrogens is 294 g/mol. The molecule has 3 aromatic rings. The molecule has 22 heavy (non-hydrogen) atoms. The highest BCUT2D eigenvalue weighted by molar-refractivity contribution is 5.58. The van der Waals surface area contributed by atoms with Crippen molar-refractivity contribution < 1.29 is 13.2 Å². The Kier molecular flexibility index (Phi) is 2.65. The molecule has 4 rings (SSSR count). The molecule has 1 aliphatic rings. The normalized spacial score (nSPS) is 20.7. The summed E-state index contributed by atoms with van der Waals surface area (Å²) in [6, 6.07) is 1.62. The molecule has 0 aliphatic heterocycles. The third kappa shape index (κ3) is 2.09. The van der Waals surface area contributed by atoms with Crippen LogP contribution < -0.4 is 5.73 Å². The molecule has 0 radical (unpaired) electrons. The minimum atomic E-state index is -2.64. The topological polar surface area (TPSA) is 95.1 Å². The molecule has 1 saturated carbocycles. The van der Waals surface area contributed by atoms with E-state index in [4.69, 9.17) is 10.2 Å². The van der Waals surface area contributed by atoms with Crippen LogP contribution in [0.2, 0.25) is 0 Å². The van der Waals surface area contributed by atoms with Crippen molar-refractivity contribution in [3.05, 3.63) is 24.4 Å². The van der Waals surface area contributed by atoms with E-state index in [0.717, 1.165) is 0 Å². The molecule has 7 nitrogen and oxygen atoms in total. The molecule has 9 heteroatoms. The summed E-state index contributed by atoms with van der Waals surface area (Å²) in [5.74, 6) is -2.22. The SMILES string of the molecule is Nc1nc(-c2ncco2)cc2nc([C@H]3CCC(F)(F)C3)nn12. The Morgan fingerprint density at radius 3 is 2.91 bits per heavy atom. The standard InChI is InChI=1S/C13H12F2N6O/c14-13(15)2-1-7(6-13)10-19-9-5-8(11-17-3-4-22-11)18-12(16)21(9)20-10/h3-5,7H,1-2,6H2,(H2,16,18)/t7-/m0/s1. The lowest BCUT2D eigenvalue weighted by Crippen LogP contribution is -2.09. The lowest BCUT2D eigenvalue weighted by Gasteiger charge is -2.06. The number of alkyl halides is 2. The van der Waals surface area contributed by atoms with Crippen LogP contribution in [0, 0.1) is 0 Å². The fourth-order valence-corrected chi connectivity index (χ4v) is 2.73. The van der Waals surface area contributed by atoms with Crippen LogP contribution in [-0.2, 0) is 0 Å². The molecule has 1 fully saturated rings. The van der Waals surface area contributed by atoms with Crippen LogP contribution in [0.3, 0.4) is 0 Å². The summed E-state index contributed by atoms with van der Waals surface area (Å²) in [7, 11) is 0. The van der Waals surface area contributed by atoms with Gasteiger partial charge < -0.3 is 10.2 Å². The van der Waals surface area contributed by atoms with Crippen LogP contribution in [0.1, 0.15) is 31.0 Å². The van der Waals surface area contributed by atoms with Crippen molar-refractivity contribution in [3.63, 3.8) is 0 Å². The monoisotopic (exact) mass is 306 g/mol. The second-order valence-corrected chi connectivity index (χ2v) is 5.37. The molecular formula is C13H12F2N6O. The van der Waals surface area contributed by atoms with Crippen molar-refractivity contribution in [2.75, 3.05) is 5.73 Å². The number of nitrogens with two attached hydrogens (primary N) is 1. The number of hydrogen-bond acceptors (Lipinski definition) is 6. The highest BCUT2D eigenvalue weighted by atomic mass is 19.3. The summed E-state index contributed by atoms with van der Waals surface area (Å²) in [5.41, 5.74) is 6.72. The summed E-state index contributed by atoms with van der Waals surface area (Å²) in [6.45, 7) is 0. The van der Waals surface area contributed by atoms with Crippen molar-refractivity contribution in [1.82, 2.24) is 24.6 Å². The highest BCUT2D eigenvalue weighted by Gasteiger charge is 2.41. The molecule has 0 saturated heterocycles. The summed E-state index contributed by atoms with van der Waals surface area (Å²) in [4.78, 5) is 12.5. The number of oxazole rings is 1. The largest absolute Gasteiger partial charge is 0.443 e. The van der Waals surface area contributed by atoms with E-state index in [1.165, 1.54) is 17.0 Å². The van der Waals surface area contributed by atoms with Gasteiger partial charge in [-0.2, -0.15) is 4.52 Å². The Hall–Kier alpha value is -2.58. The Morgan fingerprint density at radius 1 is 1.36 bits per heavy atom. The van der Waals surface area contributed by atoms with E-state index in [1.807, 2.05) is 0 Å². The molecule has 0 amide bonds. The first kappa shape index (κ1) is 13.1. The zero-order valence-electron chi connectivity index (χ0n) is 11.4. The molecule has 0 bridgehead atoms. The number of fused-ring (bicyclic) bond motifs is 1. The van der Waals surface area contributed by atoms with Gasteiger partial charge in [0, 0.05) is 24.8 Å². The first-order chi connectivity index (χ1) is 10.5. The summed E-state index contributed by atoms with van der Waals surface area (Å²) in [6.07, 6.45) is 2.91. The van der Waals surface area contributed by atoms with Gasteiger partial charge in [0.1, 0.15) is 12.0 Å². The maximum absolute atomic E-state index is 13.3. The highest BCUT2D eigenvalue weighted by Crippen LogP contribution is 2.43. The van der Waals surface area contributed by atoms with Crippen LogP contribution in [0.4, 0.5) is 14.7 Å². The number of nitrogens with zero attached hydrogens (tertiary/aromatic N) is 5. The molecule has 0 spiro atoms. The van der Waals surface area contributed by atoms with Gasteiger partial charge in [-0.1, -0.05) is 0 Å². The van der Waals surface area contributed by atoms with Gasteiger partial charge in [0.15, 0.2) is 11.5 Å². The fraction of sp³-hybridized carbons (Fsp3) is 0.385. The van der Waals surface area contributed by atoms with Crippen molar-refractivity contribution in [3.8, 4) is 11.6 Å². The van der Waals surface area contributed by atoms with Crippen molar-refractivity contribution in [1.29, 1.82) is 0 Å². The smallest absolute Gasteiger partial charge is 0.248 e. The van der Waals surface area contributed by atoms with E-state index in [1.54, 1.807) is 6.07 Å². The van der Waals surface area contributed by atoms with Gasteiger partial charge in [-0.25, -0.2) is 23.7 Å². The maximum atomic E-state index is 13.3. The van der Waals surface area contributed by atoms with Gasteiger partial charge in [0.05, 0.1) is 6.20 Å². The summed E-state index contributed by atoms with van der Waals surface area (Å²) in [5, 5.41) is 4.22. The van der Waals surface area contributed by atoms with Crippen LogP contribution in [0.15, 0.2) is 22.9 Å². The zero-order chi connectivity index (χ0) is 15.3. The first-order valence-electron chi connectivity index (χ1n) is 6.83. The van der Waals surface area contributed by atoms with E-state index in [9.17, 15) is 8.78 Å². The van der Waals surface area contributed by atoms with Gasteiger partial charge >= 0.3 is 0 Å². The summed E-state index contributed by atoms with van der Waals surface area (Å²) < 4.78 is 33.2. The number of aromatic nitrogens is 5. The second kappa shape index (κ2) is 4.46. The predicted octanol–water partition coefficient (Wildman–Crippen LogP) is 2.26. The number of nitrogen functional groups attached to an aromatic ring is 1. The van der Waals surface area contributed by atoms with Crippen LogP contribution >= 0.6 is 0 Å². The van der Waals surface area contributed by atoms with Gasteiger partial charge in [0.2, 0.25) is 17.8 Å². The lowest BCUT2D eigenvalue weighted by molar-refractivity contribution is 0.00754.